The largest absolute Gasteiger partial charge is 0.497 e. The molecule has 2 rings (SSSR count). The highest BCUT2D eigenvalue weighted by atomic mass is 32.2. The summed E-state index contributed by atoms with van der Waals surface area (Å²) in [5, 5.41) is 0. The summed E-state index contributed by atoms with van der Waals surface area (Å²) in [6.45, 7) is 0. The second-order valence-corrected chi connectivity index (χ2v) is 5.89. The molecule has 0 aliphatic heterocycles. The number of rotatable bonds is 6. The number of benzene rings is 2. The van der Waals surface area contributed by atoms with E-state index in [1.54, 1.807) is 7.11 Å². The molecule has 1 unspecified atom stereocenters. The van der Waals surface area contributed by atoms with Crippen LogP contribution < -0.4 is 4.74 Å². The highest BCUT2D eigenvalue weighted by Crippen LogP contribution is 2.13. The lowest BCUT2D eigenvalue weighted by Gasteiger charge is -2.04. The minimum atomic E-state index is -0.888. The smallest absolute Gasteiger partial charge is 0.118 e. The lowest BCUT2D eigenvalue weighted by molar-refractivity contribution is 0.414. The highest BCUT2D eigenvalue weighted by Gasteiger charge is 2.03. The van der Waals surface area contributed by atoms with Crippen molar-refractivity contribution >= 4 is 10.8 Å². The van der Waals surface area contributed by atoms with Gasteiger partial charge in [-0.2, -0.15) is 0 Å². The van der Waals surface area contributed by atoms with Crippen LogP contribution in [0.3, 0.4) is 0 Å². The Morgan fingerprint density at radius 1 is 1.00 bits per heavy atom. The van der Waals surface area contributed by atoms with Crippen LogP contribution >= 0.6 is 0 Å². The Labute approximate surface area is 116 Å². The van der Waals surface area contributed by atoms with E-state index in [9.17, 15) is 4.21 Å². The van der Waals surface area contributed by atoms with Crippen molar-refractivity contribution in [2.24, 2.45) is 0 Å². The van der Waals surface area contributed by atoms with Gasteiger partial charge in [-0.15, -0.1) is 0 Å². The molecule has 0 bridgehead atoms. The van der Waals surface area contributed by atoms with Crippen LogP contribution in [0.5, 0.6) is 5.75 Å². The van der Waals surface area contributed by atoms with Gasteiger partial charge in [0.1, 0.15) is 5.75 Å². The fourth-order valence-corrected chi connectivity index (χ4v) is 2.99. The SMILES string of the molecule is COc1ccc(CCCS(=O)c2ccccc2)cc1. The number of hydrogen-bond donors (Lipinski definition) is 0. The summed E-state index contributed by atoms with van der Waals surface area (Å²) >= 11 is 0. The predicted octanol–water partition coefficient (Wildman–Crippen LogP) is 3.44. The second-order valence-electron chi connectivity index (χ2n) is 4.31. The Kier molecular flexibility index (Phi) is 5.16. The minimum absolute atomic E-state index is 0.704. The summed E-state index contributed by atoms with van der Waals surface area (Å²) in [4.78, 5) is 0.914. The van der Waals surface area contributed by atoms with Crippen LogP contribution in [-0.4, -0.2) is 17.1 Å². The normalized spacial score (nSPS) is 12.1. The third-order valence-corrected chi connectivity index (χ3v) is 4.42. The summed E-state index contributed by atoms with van der Waals surface area (Å²) in [7, 11) is 0.777. The van der Waals surface area contributed by atoms with Gasteiger partial charge in [0.25, 0.3) is 0 Å². The Hall–Kier alpha value is -1.61. The maximum atomic E-state index is 12.0. The first kappa shape index (κ1) is 13.8. The molecule has 0 aliphatic carbocycles. The van der Waals surface area contributed by atoms with Crippen LogP contribution in [0.15, 0.2) is 59.5 Å². The molecule has 0 aromatic heterocycles. The number of methoxy groups -OCH3 is 1. The van der Waals surface area contributed by atoms with Crippen LogP contribution in [0.2, 0.25) is 0 Å². The molecule has 2 aromatic rings. The summed E-state index contributed by atoms with van der Waals surface area (Å²) in [5.74, 6) is 1.58. The number of hydrogen-bond acceptors (Lipinski definition) is 2. The topological polar surface area (TPSA) is 26.3 Å². The van der Waals surface area contributed by atoms with E-state index in [1.165, 1.54) is 5.56 Å². The summed E-state index contributed by atoms with van der Waals surface area (Å²) in [6, 6.07) is 17.7. The summed E-state index contributed by atoms with van der Waals surface area (Å²) < 4.78 is 17.1. The maximum absolute atomic E-state index is 12.0. The van der Waals surface area contributed by atoms with Crippen molar-refractivity contribution in [1.29, 1.82) is 0 Å². The van der Waals surface area contributed by atoms with Gasteiger partial charge in [-0.1, -0.05) is 30.3 Å². The van der Waals surface area contributed by atoms with Crippen LogP contribution in [0.25, 0.3) is 0 Å². The average Bonchev–Trinajstić information content (AvgIpc) is 2.49. The van der Waals surface area contributed by atoms with Gasteiger partial charge >= 0.3 is 0 Å². The number of ether oxygens (including phenoxy) is 1. The van der Waals surface area contributed by atoms with Crippen molar-refractivity contribution in [3.05, 3.63) is 60.2 Å². The highest BCUT2D eigenvalue weighted by molar-refractivity contribution is 7.85. The zero-order valence-corrected chi connectivity index (χ0v) is 11.9. The lowest BCUT2D eigenvalue weighted by atomic mass is 10.1. The fraction of sp³-hybridized carbons (Fsp3) is 0.250. The van der Waals surface area contributed by atoms with Crippen LogP contribution in [0.1, 0.15) is 12.0 Å². The van der Waals surface area contributed by atoms with Crippen LogP contribution in [0.4, 0.5) is 0 Å². The van der Waals surface area contributed by atoms with Gasteiger partial charge in [0, 0.05) is 10.6 Å². The molecule has 0 spiro atoms. The van der Waals surface area contributed by atoms with Gasteiger partial charge in [-0.25, -0.2) is 0 Å². The molecule has 0 radical (unpaired) electrons. The monoisotopic (exact) mass is 274 g/mol. The van der Waals surface area contributed by atoms with E-state index < -0.39 is 10.8 Å². The standard InChI is InChI=1S/C16H18O2S/c1-18-15-11-9-14(10-12-15)6-5-13-19(17)16-7-3-2-4-8-16/h2-4,7-12H,5-6,13H2,1H3. The first-order valence-corrected chi connectivity index (χ1v) is 7.68. The van der Waals surface area contributed by atoms with Crippen molar-refractivity contribution in [3.8, 4) is 5.75 Å². The first-order valence-electron chi connectivity index (χ1n) is 6.36. The predicted molar refractivity (Wildman–Crippen MR) is 79.0 cm³/mol. The molecule has 0 heterocycles. The zero-order chi connectivity index (χ0) is 13.5. The third-order valence-electron chi connectivity index (χ3n) is 2.96. The molecule has 0 aliphatic rings. The van der Waals surface area contributed by atoms with Gasteiger partial charge in [0.15, 0.2) is 0 Å². The van der Waals surface area contributed by atoms with Crippen molar-refractivity contribution in [2.45, 2.75) is 17.7 Å². The van der Waals surface area contributed by atoms with E-state index in [4.69, 9.17) is 4.74 Å². The molecule has 2 nitrogen and oxygen atoms in total. The van der Waals surface area contributed by atoms with E-state index in [1.807, 2.05) is 42.5 Å². The van der Waals surface area contributed by atoms with Crippen LogP contribution in [-0.2, 0) is 17.2 Å². The van der Waals surface area contributed by atoms with Crippen molar-refractivity contribution in [2.75, 3.05) is 12.9 Å². The van der Waals surface area contributed by atoms with Crippen molar-refractivity contribution < 1.29 is 8.95 Å². The number of aryl methyl sites for hydroxylation is 1. The molecule has 3 heteroatoms. The molecule has 2 aromatic carbocycles. The molecule has 1 atom stereocenters. The Morgan fingerprint density at radius 3 is 2.32 bits per heavy atom. The van der Waals surface area contributed by atoms with Gasteiger partial charge in [-0.3, -0.25) is 4.21 Å². The molecular formula is C16H18O2S. The molecule has 0 N–H and O–H groups in total. The van der Waals surface area contributed by atoms with Crippen LogP contribution in [0, 0.1) is 0 Å². The Balaban J connectivity index is 1.81. The molecular weight excluding hydrogens is 256 g/mol. The van der Waals surface area contributed by atoms with E-state index in [0.29, 0.717) is 5.75 Å². The summed E-state index contributed by atoms with van der Waals surface area (Å²) in [6.07, 6.45) is 1.87. The summed E-state index contributed by atoms with van der Waals surface area (Å²) in [5.41, 5.74) is 1.26. The minimum Gasteiger partial charge on any atom is -0.497 e. The van der Waals surface area contributed by atoms with Gasteiger partial charge in [-0.05, 0) is 42.7 Å². The molecule has 0 saturated carbocycles. The Bertz CT molecular complexity index is 520. The van der Waals surface area contributed by atoms with E-state index in [0.717, 1.165) is 23.5 Å². The first-order chi connectivity index (χ1) is 9.29. The van der Waals surface area contributed by atoms with Crippen molar-refractivity contribution in [3.63, 3.8) is 0 Å². The third kappa shape index (κ3) is 4.21. The molecule has 19 heavy (non-hydrogen) atoms. The van der Waals surface area contributed by atoms with Gasteiger partial charge in [0.2, 0.25) is 0 Å². The molecule has 0 amide bonds. The lowest BCUT2D eigenvalue weighted by Crippen LogP contribution is -1.99. The quantitative estimate of drug-likeness (QED) is 0.806. The average molecular weight is 274 g/mol. The van der Waals surface area contributed by atoms with Gasteiger partial charge < -0.3 is 4.74 Å². The fourth-order valence-electron chi connectivity index (χ4n) is 1.89. The Morgan fingerprint density at radius 2 is 1.68 bits per heavy atom. The van der Waals surface area contributed by atoms with Crippen molar-refractivity contribution in [1.82, 2.24) is 0 Å². The molecule has 0 saturated heterocycles. The van der Waals surface area contributed by atoms with E-state index in [-0.39, 0.29) is 0 Å². The van der Waals surface area contributed by atoms with E-state index in [2.05, 4.69) is 12.1 Å². The second kappa shape index (κ2) is 7.10. The zero-order valence-electron chi connectivity index (χ0n) is 11.0. The van der Waals surface area contributed by atoms with Gasteiger partial charge in [0.05, 0.1) is 17.9 Å². The molecule has 100 valence electrons. The van der Waals surface area contributed by atoms with E-state index >= 15 is 0 Å². The molecule has 0 fully saturated rings. The maximum Gasteiger partial charge on any atom is 0.118 e.